The zero-order valence-corrected chi connectivity index (χ0v) is 17.3. The number of aryl methyl sites for hydroxylation is 3. The standard InChI is InChI=1S/C23H29ClN2O2/c1-17-5-7-20(14-23(17)24)26-11-9-25(10-12-26)15-21(27)16-28-22-8-6-18-3-2-4-19(18)13-22/h5-8,13-14,21,27H,2-4,9-12,15-16H2,1H3/t21-/m0/s1. The predicted molar refractivity (Wildman–Crippen MR) is 115 cm³/mol. The minimum atomic E-state index is -0.478. The molecule has 4 rings (SSSR count). The lowest BCUT2D eigenvalue weighted by Crippen LogP contribution is -2.49. The molecule has 5 heteroatoms. The first-order chi connectivity index (χ1) is 13.6. The molecule has 2 aromatic rings. The smallest absolute Gasteiger partial charge is 0.119 e. The molecule has 1 N–H and O–H groups in total. The van der Waals surface area contributed by atoms with Gasteiger partial charge in [-0.15, -0.1) is 0 Å². The number of ether oxygens (including phenoxy) is 1. The first kappa shape index (κ1) is 19.6. The van der Waals surface area contributed by atoms with Crippen LogP contribution >= 0.6 is 11.6 Å². The van der Waals surface area contributed by atoms with E-state index in [-0.39, 0.29) is 0 Å². The summed E-state index contributed by atoms with van der Waals surface area (Å²) < 4.78 is 5.85. The van der Waals surface area contributed by atoms with Crippen molar-refractivity contribution in [2.45, 2.75) is 32.3 Å². The number of hydrogen-bond donors (Lipinski definition) is 1. The van der Waals surface area contributed by atoms with Gasteiger partial charge in [0.15, 0.2) is 0 Å². The molecule has 1 saturated heterocycles. The van der Waals surface area contributed by atoms with E-state index in [0.717, 1.165) is 48.9 Å². The van der Waals surface area contributed by atoms with Gasteiger partial charge in [-0.3, -0.25) is 4.90 Å². The molecule has 0 aromatic heterocycles. The van der Waals surface area contributed by atoms with Gasteiger partial charge < -0.3 is 14.7 Å². The Morgan fingerprint density at radius 1 is 1.04 bits per heavy atom. The van der Waals surface area contributed by atoms with Gasteiger partial charge in [-0.2, -0.15) is 0 Å². The molecule has 1 heterocycles. The molecule has 2 aliphatic rings. The van der Waals surface area contributed by atoms with E-state index < -0.39 is 6.10 Å². The number of hydrogen-bond acceptors (Lipinski definition) is 4. The summed E-state index contributed by atoms with van der Waals surface area (Å²) in [6, 6.07) is 12.6. The van der Waals surface area contributed by atoms with Crippen molar-refractivity contribution in [1.29, 1.82) is 0 Å². The van der Waals surface area contributed by atoms with Crippen LogP contribution in [0.25, 0.3) is 0 Å². The quantitative estimate of drug-likeness (QED) is 0.802. The second-order valence-corrected chi connectivity index (χ2v) is 8.38. The van der Waals surface area contributed by atoms with E-state index >= 15 is 0 Å². The second kappa shape index (κ2) is 8.73. The van der Waals surface area contributed by atoms with E-state index in [1.54, 1.807) is 0 Å². The molecular formula is C23H29ClN2O2. The third kappa shape index (κ3) is 4.62. The predicted octanol–water partition coefficient (Wildman–Crippen LogP) is 3.70. The molecule has 4 nitrogen and oxygen atoms in total. The second-order valence-electron chi connectivity index (χ2n) is 7.97. The highest BCUT2D eigenvalue weighted by Crippen LogP contribution is 2.26. The van der Waals surface area contributed by atoms with Crippen molar-refractivity contribution in [3.05, 3.63) is 58.1 Å². The van der Waals surface area contributed by atoms with Crippen LogP contribution in [0.5, 0.6) is 5.75 Å². The molecule has 28 heavy (non-hydrogen) atoms. The topological polar surface area (TPSA) is 35.9 Å². The van der Waals surface area contributed by atoms with Crippen LogP contribution in [-0.4, -0.2) is 55.4 Å². The SMILES string of the molecule is Cc1ccc(N2CCN(C[C@H](O)COc3ccc4c(c3)CCC4)CC2)cc1Cl. The maximum absolute atomic E-state index is 10.4. The zero-order chi connectivity index (χ0) is 19.5. The van der Waals surface area contributed by atoms with E-state index in [1.165, 1.54) is 29.7 Å². The number of halogens is 1. The Bertz CT molecular complexity index is 818. The molecule has 0 radical (unpaired) electrons. The van der Waals surface area contributed by atoms with E-state index in [0.29, 0.717) is 13.2 Å². The van der Waals surface area contributed by atoms with Gasteiger partial charge in [0.25, 0.3) is 0 Å². The summed E-state index contributed by atoms with van der Waals surface area (Å²) in [4.78, 5) is 4.66. The summed E-state index contributed by atoms with van der Waals surface area (Å²) >= 11 is 6.26. The number of piperazine rings is 1. The van der Waals surface area contributed by atoms with Crippen LogP contribution in [0.4, 0.5) is 5.69 Å². The molecule has 1 aliphatic carbocycles. The first-order valence-electron chi connectivity index (χ1n) is 10.2. The average Bonchev–Trinajstić information content (AvgIpc) is 3.17. The zero-order valence-electron chi connectivity index (χ0n) is 16.5. The van der Waals surface area contributed by atoms with Gasteiger partial charge in [0.1, 0.15) is 18.5 Å². The van der Waals surface area contributed by atoms with Crippen LogP contribution in [-0.2, 0) is 12.8 Å². The largest absolute Gasteiger partial charge is 0.491 e. The molecular weight excluding hydrogens is 372 g/mol. The van der Waals surface area contributed by atoms with Crippen LogP contribution in [0.1, 0.15) is 23.1 Å². The van der Waals surface area contributed by atoms with E-state index in [1.807, 2.05) is 19.1 Å². The Morgan fingerprint density at radius 2 is 1.82 bits per heavy atom. The average molecular weight is 401 g/mol. The molecule has 1 fully saturated rings. The Kier molecular flexibility index (Phi) is 6.10. The Labute approximate surface area is 172 Å². The molecule has 1 atom stereocenters. The van der Waals surface area contributed by atoms with Gasteiger partial charge in [-0.25, -0.2) is 0 Å². The number of aliphatic hydroxyl groups is 1. The summed E-state index contributed by atoms with van der Waals surface area (Å²) in [5.74, 6) is 0.876. The monoisotopic (exact) mass is 400 g/mol. The highest BCUT2D eigenvalue weighted by Gasteiger charge is 2.20. The maximum Gasteiger partial charge on any atom is 0.119 e. The van der Waals surface area contributed by atoms with E-state index in [4.69, 9.17) is 16.3 Å². The molecule has 0 bridgehead atoms. The normalized spacial score (nSPS) is 18.2. The summed E-state index contributed by atoms with van der Waals surface area (Å²) in [7, 11) is 0. The van der Waals surface area contributed by atoms with Gasteiger partial charge >= 0.3 is 0 Å². The van der Waals surface area contributed by atoms with Crippen molar-refractivity contribution in [2.24, 2.45) is 0 Å². The highest BCUT2D eigenvalue weighted by atomic mass is 35.5. The lowest BCUT2D eigenvalue weighted by Gasteiger charge is -2.37. The number of rotatable bonds is 6. The van der Waals surface area contributed by atoms with Crippen molar-refractivity contribution in [3.8, 4) is 5.75 Å². The Hall–Kier alpha value is -1.75. The molecule has 2 aromatic carbocycles. The van der Waals surface area contributed by atoms with Gasteiger partial charge in [0.2, 0.25) is 0 Å². The number of aliphatic hydroxyl groups excluding tert-OH is 1. The maximum atomic E-state index is 10.4. The molecule has 0 spiro atoms. The minimum absolute atomic E-state index is 0.340. The summed E-state index contributed by atoms with van der Waals surface area (Å²) in [5.41, 5.74) is 5.13. The fourth-order valence-corrected chi connectivity index (χ4v) is 4.32. The highest BCUT2D eigenvalue weighted by molar-refractivity contribution is 6.31. The Morgan fingerprint density at radius 3 is 2.61 bits per heavy atom. The number of β-amino-alcohol motifs (C(OH)–C–C–N with tert-alkyl or cyclic N) is 1. The van der Waals surface area contributed by atoms with E-state index in [9.17, 15) is 5.11 Å². The van der Waals surface area contributed by atoms with Gasteiger partial charge in [0.05, 0.1) is 0 Å². The fourth-order valence-electron chi connectivity index (χ4n) is 4.15. The third-order valence-electron chi connectivity index (χ3n) is 5.87. The third-order valence-corrected chi connectivity index (χ3v) is 6.28. The van der Waals surface area contributed by atoms with Crippen molar-refractivity contribution >= 4 is 17.3 Å². The molecule has 0 saturated carbocycles. The van der Waals surface area contributed by atoms with Gasteiger partial charge in [-0.05, 0) is 67.1 Å². The summed E-state index contributed by atoms with van der Waals surface area (Å²) in [5, 5.41) is 11.2. The van der Waals surface area contributed by atoms with Crippen LogP contribution in [0.3, 0.4) is 0 Å². The van der Waals surface area contributed by atoms with Crippen LogP contribution < -0.4 is 9.64 Å². The lowest BCUT2D eigenvalue weighted by molar-refractivity contribution is 0.0663. The van der Waals surface area contributed by atoms with Crippen LogP contribution in [0, 0.1) is 6.92 Å². The molecule has 150 valence electrons. The number of nitrogens with zero attached hydrogens (tertiary/aromatic N) is 2. The summed E-state index contributed by atoms with van der Waals surface area (Å²) in [6.45, 7) is 6.76. The van der Waals surface area contributed by atoms with Crippen molar-refractivity contribution in [2.75, 3.05) is 44.2 Å². The number of fused-ring (bicyclic) bond motifs is 1. The van der Waals surface area contributed by atoms with Crippen molar-refractivity contribution < 1.29 is 9.84 Å². The lowest BCUT2D eigenvalue weighted by atomic mass is 10.1. The van der Waals surface area contributed by atoms with E-state index in [2.05, 4.69) is 34.1 Å². The first-order valence-corrected chi connectivity index (χ1v) is 10.6. The molecule has 1 aliphatic heterocycles. The molecule has 0 amide bonds. The van der Waals surface area contributed by atoms with Crippen LogP contribution in [0.2, 0.25) is 5.02 Å². The number of benzene rings is 2. The van der Waals surface area contributed by atoms with Crippen LogP contribution in [0.15, 0.2) is 36.4 Å². The van der Waals surface area contributed by atoms with Crippen molar-refractivity contribution in [1.82, 2.24) is 4.90 Å². The van der Waals surface area contributed by atoms with Crippen molar-refractivity contribution in [3.63, 3.8) is 0 Å². The minimum Gasteiger partial charge on any atom is -0.491 e. The fraction of sp³-hybridized carbons (Fsp3) is 0.478. The molecule has 0 unspecified atom stereocenters. The summed E-state index contributed by atoms with van der Waals surface area (Å²) in [6.07, 6.45) is 3.08. The van der Waals surface area contributed by atoms with Gasteiger partial charge in [0, 0.05) is 43.4 Å². The number of anilines is 1. The van der Waals surface area contributed by atoms with Gasteiger partial charge in [-0.1, -0.05) is 23.7 Å². The Balaban J connectivity index is 1.22.